The molecule has 2 N–H and O–H groups in total. The van der Waals surface area contributed by atoms with E-state index in [2.05, 4.69) is 5.32 Å². The number of hydrogen-bond acceptors (Lipinski definition) is 4. The van der Waals surface area contributed by atoms with Crippen LogP contribution in [0.5, 0.6) is 11.5 Å². The van der Waals surface area contributed by atoms with E-state index in [1.54, 1.807) is 31.4 Å². The van der Waals surface area contributed by atoms with E-state index in [4.69, 9.17) is 14.6 Å². The second-order valence-corrected chi connectivity index (χ2v) is 4.87. The van der Waals surface area contributed by atoms with Crippen LogP contribution in [0.15, 0.2) is 24.3 Å². The highest BCUT2D eigenvalue weighted by molar-refractivity contribution is 5.83. The quantitative estimate of drug-likeness (QED) is 0.692. The molecule has 1 rings (SSSR count). The molecule has 0 spiro atoms. The Morgan fingerprint density at radius 3 is 2.41 bits per heavy atom. The van der Waals surface area contributed by atoms with Crippen molar-refractivity contribution in [2.75, 3.05) is 13.7 Å². The molecule has 0 radical (unpaired) electrons. The van der Waals surface area contributed by atoms with Gasteiger partial charge in [0.15, 0.2) is 0 Å². The van der Waals surface area contributed by atoms with Crippen molar-refractivity contribution in [1.82, 2.24) is 5.32 Å². The molecule has 0 aliphatic heterocycles. The van der Waals surface area contributed by atoms with E-state index in [0.717, 1.165) is 18.6 Å². The van der Waals surface area contributed by atoms with Crippen molar-refractivity contribution in [2.24, 2.45) is 0 Å². The van der Waals surface area contributed by atoms with Crippen molar-refractivity contribution < 1.29 is 24.2 Å². The topological polar surface area (TPSA) is 84.9 Å². The Bertz CT molecular complexity index is 472. The minimum absolute atomic E-state index is 0.113. The van der Waals surface area contributed by atoms with E-state index in [-0.39, 0.29) is 18.9 Å². The summed E-state index contributed by atoms with van der Waals surface area (Å²) in [6, 6.07) is 6.20. The van der Waals surface area contributed by atoms with E-state index >= 15 is 0 Å². The van der Waals surface area contributed by atoms with Crippen molar-refractivity contribution >= 4 is 11.9 Å². The van der Waals surface area contributed by atoms with Gasteiger partial charge in [-0.1, -0.05) is 19.8 Å². The number of carbonyl (C=O) groups is 2. The van der Waals surface area contributed by atoms with Crippen molar-refractivity contribution in [3.63, 3.8) is 0 Å². The van der Waals surface area contributed by atoms with Gasteiger partial charge in [0.1, 0.15) is 17.5 Å². The summed E-state index contributed by atoms with van der Waals surface area (Å²) in [6.45, 7) is 2.17. The number of amides is 1. The second-order valence-electron chi connectivity index (χ2n) is 4.87. The third kappa shape index (κ3) is 6.47. The van der Waals surface area contributed by atoms with Crippen molar-refractivity contribution in [3.05, 3.63) is 24.3 Å². The Labute approximate surface area is 130 Å². The summed E-state index contributed by atoms with van der Waals surface area (Å²) >= 11 is 0. The lowest BCUT2D eigenvalue weighted by atomic mass is 10.1. The Morgan fingerprint density at radius 1 is 1.23 bits per heavy atom. The standard InChI is InChI=1S/C16H23NO5/c1-3-4-5-14(16(19)20)17-15(18)10-11-22-13-8-6-12(21-2)7-9-13/h6-9,14H,3-5,10-11H2,1-2H3,(H,17,18)(H,19,20). The number of hydrogen-bond donors (Lipinski definition) is 2. The van der Waals surface area contributed by atoms with Crippen LogP contribution in [0.4, 0.5) is 0 Å². The van der Waals surface area contributed by atoms with Crippen molar-refractivity contribution in [3.8, 4) is 11.5 Å². The van der Waals surface area contributed by atoms with Crippen LogP contribution in [0.2, 0.25) is 0 Å². The number of nitrogens with one attached hydrogen (secondary N) is 1. The Kier molecular flexibility index (Phi) is 7.81. The zero-order valence-electron chi connectivity index (χ0n) is 13.0. The molecular weight excluding hydrogens is 286 g/mol. The van der Waals surface area contributed by atoms with Gasteiger partial charge in [-0.3, -0.25) is 4.79 Å². The molecule has 0 aromatic heterocycles. The van der Waals surface area contributed by atoms with Crippen LogP contribution >= 0.6 is 0 Å². The number of carboxylic acid groups (broad SMARTS) is 1. The second kappa shape index (κ2) is 9.65. The zero-order valence-corrected chi connectivity index (χ0v) is 13.0. The molecule has 0 aliphatic carbocycles. The molecule has 1 atom stereocenters. The fourth-order valence-corrected chi connectivity index (χ4v) is 1.87. The van der Waals surface area contributed by atoms with Crippen LogP contribution in [0.1, 0.15) is 32.6 Å². The summed E-state index contributed by atoms with van der Waals surface area (Å²) in [5.41, 5.74) is 0. The molecule has 1 unspecified atom stereocenters. The van der Waals surface area contributed by atoms with Gasteiger partial charge in [-0.15, -0.1) is 0 Å². The molecule has 0 fully saturated rings. The van der Waals surface area contributed by atoms with E-state index in [1.165, 1.54) is 0 Å². The van der Waals surface area contributed by atoms with Crippen LogP contribution in [-0.2, 0) is 9.59 Å². The molecule has 122 valence electrons. The summed E-state index contributed by atoms with van der Waals surface area (Å²) in [5.74, 6) is 0.0366. The van der Waals surface area contributed by atoms with Crippen LogP contribution in [0.3, 0.4) is 0 Å². The van der Waals surface area contributed by atoms with E-state index in [1.807, 2.05) is 6.92 Å². The maximum Gasteiger partial charge on any atom is 0.326 e. The molecule has 0 bridgehead atoms. The fraction of sp³-hybridized carbons (Fsp3) is 0.500. The number of carboxylic acids is 1. The summed E-state index contributed by atoms with van der Waals surface area (Å²) in [4.78, 5) is 22.8. The first-order valence-corrected chi connectivity index (χ1v) is 7.35. The van der Waals surface area contributed by atoms with Gasteiger partial charge in [-0.25, -0.2) is 4.79 Å². The zero-order chi connectivity index (χ0) is 16.4. The van der Waals surface area contributed by atoms with Gasteiger partial charge in [0, 0.05) is 0 Å². The SMILES string of the molecule is CCCCC(NC(=O)CCOc1ccc(OC)cc1)C(=O)O. The molecule has 0 aliphatic rings. The molecule has 6 nitrogen and oxygen atoms in total. The lowest BCUT2D eigenvalue weighted by molar-refractivity contribution is -0.142. The molecule has 0 saturated carbocycles. The Morgan fingerprint density at radius 2 is 1.86 bits per heavy atom. The van der Waals surface area contributed by atoms with Gasteiger partial charge in [-0.2, -0.15) is 0 Å². The highest BCUT2D eigenvalue weighted by atomic mass is 16.5. The van der Waals surface area contributed by atoms with E-state index in [9.17, 15) is 9.59 Å². The van der Waals surface area contributed by atoms with Crippen LogP contribution in [0.25, 0.3) is 0 Å². The number of unbranched alkanes of at least 4 members (excludes halogenated alkanes) is 1. The van der Waals surface area contributed by atoms with Crippen LogP contribution in [0, 0.1) is 0 Å². The molecule has 1 aromatic rings. The van der Waals surface area contributed by atoms with Crippen molar-refractivity contribution in [1.29, 1.82) is 0 Å². The lowest BCUT2D eigenvalue weighted by Gasteiger charge is -2.14. The smallest absolute Gasteiger partial charge is 0.326 e. The number of benzene rings is 1. The predicted octanol–water partition coefficient (Wildman–Crippen LogP) is 2.22. The largest absolute Gasteiger partial charge is 0.497 e. The number of carbonyl (C=O) groups excluding carboxylic acids is 1. The molecule has 22 heavy (non-hydrogen) atoms. The maximum absolute atomic E-state index is 11.7. The predicted molar refractivity (Wildman–Crippen MR) is 82.2 cm³/mol. The highest BCUT2D eigenvalue weighted by Gasteiger charge is 2.18. The van der Waals surface area contributed by atoms with Crippen LogP contribution in [-0.4, -0.2) is 36.7 Å². The highest BCUT2D eigenvalue weighted by Crippen LogP contribution is 2.17. The Hall–Kier alpha value is -2.24. The lowest BCUT2D eigenvalue weighted by Crippen LogP contribution is -2.41. The number of aliphatic carboxylic acids is 1. The normalized spacial score (nSPS) is 11.5. The first-order valence-electron chi connectivity index (χ1n) is 7.35. The van der Waals surface area contributed by atoms with Gasteiger partial charge in [0.2, 0.25) is 5.91 Å². The molecule has 1 aromatic carbocycles. The van der Waals surface area contributed by atoms with Gasteiger partial charge in [-0.05, 0) is 30.7 Å². The van der Waals surface area contributed by atoms with Crippen molar-refractivity contribution in [2.45, 2.75) is 38.6 Å². The van der Waals surface area contributed by atoms with E-state index < -0.39 is 12.0 Å². The first kappa shape index (κ1) is 17.8. The van der Waals surface area contributed by atoms with Gasteiger partial charge in [0.05, 0.1) is 20.1 Å². The minimum Gasteiger partial charge on any atom is -0.497 e. The minimum atomic E-state index is -1.00. The monoisotopic (exact) mass is 309 g/mol. The average Bonchev–Trinajstić information content (AvgIpc) is 2.51. The average molecular weight is 309 g/mol. The molecular formula is C16H23NO5. The van der Waals surface area contributed by atoms with Gasteiger partial charge < -0.3 is 19.9 Å². The third-order valence-electron chi connectivity index (χ3n) is 3.14. The van der Waals surface area contributed by atoms with Crippen LogP contribution < -0.4 is 14.8 Å². The molecule has 0 heterocycles. The van der Waals surface area contributed by atoms with Gasteiger partial charge in [0.25, 0.3) is 0 Å². The van der Waals surface area contributed by atoms with E-state index in [0.29, 0.717) is 12.2 Å². The summed E-state index contributed by atoms with van der Waals surface area (Å²) in [6.07, 6.45) is 2.21. The summed E-state index contributed by atoms with van der Waals surface area (Å²) < 4.78 is 10.5. The maximum atomic E-state index is 11.7. The third-order valence-corrected chi connectivity index (χ3v) is 3.14. The first-order chi connectivity index (χ1) is 10.6. The fourth-order valence-electron chi connectivity index (χ4n) is 1.87. The number of methoxy groups -OCH3 is 1. The number of rotatable bonds is 10. The summed E-state index contributed by atoms with van der Waals surface area (Å²) in [7, 11) is 1.58. The molecule has 0 saturated heterocycles. The number of ether oxygens (including phenoxy) is 2. The van der Waals surface area contributed by atoms with Gasteiger partial charge >= 0.3 is 5.97 Å². The molecule has 6 heteroatoms. The molecule has 1 amide bonds. The Balaban J connectivity index is 2.33. The summed E-state index contributed by atoms with van der Waals surface area (Å²) in [5, 5.41) is 11.6.